The Morgan fingerprint density at radius 3 is 2.52 bits per heavy atom. The molecule has 1 aromatic carbocycles. The van der Waals surface area contributed by atoms with Gasteiger partial charge in [0.1, 0.15) is 5.76 Å². The first kappa shape index (κ1) is 15.2. The Labute approximate surface area is 124 Å². The summed E-state index contributed by atoms with van der Waals surface area (Å²) in [5, 5.41) is 12.3. The third-order valence-electron chi connectivity index (χ3n) is 3.44. The molecule has 21 heavy (non-hydrogen) atoms. The van der Waals surface area contributed by atoms with Gasteiger partial charge in [-0.15, -0.1) is 0 Å². The van der Waals surface area contributed by atoms with Gasteiger partial charge in [0.25, 0.3) is 0 Å². The van der Waals surface area contributed by atoms with Crippen LogP contribution < -0.4 is 5.32 Å². The number of hydrogen-bond acceptors (Lipinski definition) is 3. The second kappa shape index (κ2) is 5.64. The van der Waals surface area contributed by atoms with Crippen molar-refractivity contribution in [2.75, 3.05) is 5.32 Å². The van der Waals surface area contributed by atoms with Gasteiger partial charge >= 0.3 is 5.97 Å². The average molecular weight is 287 g/mol. The summed E-state index contributed by atoms with van der Waals surface area (Å²) in [6.07, 6.45) is 0. The van der Waals surface area contributed by atoms with Crippen molar-refractivity contribution in [3.63, 3.8) is 0 Å². The third kappa shape index (κ3) is 3.45. The quantitative estimate of drug-likeness (QED) is 0.884. The van der Waals surface area contributed by atoms with Crippen LogP contribution in [0.4, 0.5) is 5.69 Å². The van der Waals surface area contributed by atoms with Crippen molar-refractivity contribution in [3.8, 4) is 0 Å². The van der Waals surface area contributed by atoms with Crippen molar-refractivity contribution in [2.45, 2.75) is 39.7 Å². The summed E-state index contributed by atoms with van der Waals surface area (Å²) in [5.74, 6) is -0.430. The summed E-state index contributed by atoms with van der Waals surface area (Å²) >= 11 is 0. The lowest BCUT2D eigenvalue weighted by atomic mass is 9.86. The smallest absolute Gasteiger partial charge is 0.371 e. The summed E-state index contributed by atoms with van der Waals surface area (Å²) in [5.41, 5.74) is 3.18. The first-order chi connectivity index (χ1) is 9.79. The Hall–Kier alpha value is -2.23. The summed E-state index contributed by atoms with van der Waals surface area (Å²) in [6, 6.07) is 9.73. The Kier molecular flexibility index (Phi) is 4.07. The topological polar surface area (TPSA) is 62.5 Å². The van der Waals surface area contributed by atoms with Crippen LogP contribution in [0.25, 0.3) is 0 Å². The van der Waals surface area contributed by atoms with Crippen molar-refractivity contribution in [3.05, 3.63) is 53.0 Å². The molecule has 112 valence electrons. The molecule has 0 spiro atoms. The number of furan rings is 1. The zero-order chi connectivity index (χ0) is 15.6. The number of para-hydroxylation sites is 1. The monoisotopic (exact) mass is 287 g/mol. The Morgan fingerprint density at radius 2 is 1.95 bits per heavy atom. The fraction of sp³-hybridized carbons (Fsp3) is 0.353. The second-order valence-corrected chi connectivity index (χ2v) is 6.15. The van der Waals surface area contributed by atoms with E-state index < -0.39 is 5.97 Å². The first-order valence-electron chi connectivity index (χ1n) is 6.95. The molecular weight excluding hydrogens is 266 g/mol. The molecule has 2 aromatic rings. The zero-order valence-electron chi connectivity index (χ0n) is 12.9. The maximum Gasteiger partial charge on any atom is 0.371 e. The summed E-state index contributed by atoms with van der Waals surface area (Å²) in [7, 11) is 0. The molecule has 4 heteroatoms. The van der Waals surface area contributed by atoms with Gasteiger partial charge in [0.15, 0.2) is 0 Å². The highest BCUT2D eigenvalue weighted by atomic mass is 16.4. The van der Waals surface area contributed by atoms with Crippen molar-refractivity contribution in [1.82, 2.24) is 0 Å². The molecule has 0 saturated carbocycles. The van der Waals surface area contributed by atoms with Gasteiger partial charge in [0, 0.05) is 17.8 Å². The number of anilines is 1. The normalized spacial score (nSPS) is 11.4. The van der Waals surface area contributed by atoms with E-state index in [0.717, 1.165) is 11.3 Å². The molecule has 2 rings (SSSR count). The van der Waals surface area contributed by atoms with E-state index in [1.807, 2.05) is 18.2 Å². The van der Waals surface area contributed by atoms with Gasteiger partial charge in [0.05, 0.1) is 0 Å². The van der Waals surface area contributed by atoms with E-state index in [-0.39, 0.29) is 11.2 Å². The molecule has 0 aliphatic heterocycles. The molecule has 0 aliphatic rings. The van der Waals surface area contributed by atoms with E-state index in [2.05, 4.69) is 32.2 Å². The SMILES string of the molecule is Cc1oc(C(=O)O)cc1CNc1ccccc1C(C)(C)C. The Bertz CT molecular complexity index is 650. The molecule has 1 aromatic heterocycles. The molecule has 4 nitrogen and oxygen atoms in total. The second-order valence-electron chi connectivity index (χ2n) is 6.15. The van der Waals surface area contributed by atoms with Crippen LogP contribution in [0.3, 0.4) is 0 Å². The van der Waals surface area contributed by atoms with Crippen molar-refractivity contribution in [2.24, 2.45) is 0 Å². The van der Waals surface area contributed by atoms with E-state index in [9.17, 15) is 4.79 Å². The lowest BCUT2D eigenvalue weighted by molar-refractivity contribution is 0.0661. The van der Waals surface area contributed by atoms with Gasteiger partial charge in [-0.1, -0.05) is 39.0 Å². The van der Waals surface area contributed by atoms with Crippen LogP contribution in [0.5, 0.6) is 0 Å². The molecule has 0 atom stereocenters. The summed E-state index contributed by atoms with van der Waals surface area (Å²) < 4.78 is 5.22. The minimum Gasteiger partial charge on any atom is -0.475 e. The fourth-order valence-corrected chi connectivity index (χ4v) is 2.28. The standard InChI is InChI=1S/C17H21NO3/c1-11-12(9-15(21-11)16(19)20)10-18-14-8-6-5-7-13(14)17(2,3)4/h5-9,18H,10H2,1-4H3,(H,19,20). The van der Waals surface area contributed by atoms with E-state index in [1.54, 1.807) is 13.0 Å². The minimum absolute atomic E-state index is 0.0200. The summed E-state index contributed by atoms with van der Waals surface area (Å²) in [4.78, 5) is 10.9. The van der Waals surface area contributed by atoms with Gasteiger partial charge < -0.3 is 14.8 Å². The molecule has 0 saturated heterocycles. The van der Waals surface area contributed by atoms with Crippen molar-refractivity contribution < 1.29 is 14.3 Å². The highest BCUT2D eigenvalue weighted by Crippen LogP contribution is 2.29. The number of carboxylic acids is 1. The molecule has 0 bridgehead atoms. The van der Waals surface area contributed by atoms with E-state index in [0.29, 0.717) is 12.3 Å². The highest BCUT2D eigenvalue weighted by Gasteiger charge is 2.18. The van der Waals surface area contributed by atoms with Crippen LogP contribution in [0.15, 0.2) is 34.7 Å². The molecular formula is C17H21NO3. The maximum atomic E-state index is 10.9. The van der Waals surface area contributed by atoms with Crippen LogP contribution in [0.1, 0.15) is 48.2 Å². The van der Waals surface area contributed by atoms with E-state index in [1.165, 1.54) is 5.56 Å². The highest BCUT2D eigenvalue weighted by molar-refractivity contribution is 5.84. The van der Waals surface area contributed by atoms with Crippen LogP contribution in [0, 0.1) is 6.92 Å². The van der Waals surface area contributed by atoms with Gasteiger partial charge in [-0.3, -0.25) is 0 Å². The number of rotatable bonds is 4. The maximum absolute atomic E-state index is 10.9. The molecule has 2 N–H and O–H groups in total. The zero-order valence-corrected chi connectivity index (χ0v) is 12.9. The predicted octanol–water partition coefficient (Wildman–Crippen LogP) is 4.20. The predicted molar refractivity (Wildman–Crippen MR) is 82.9 cm³/mol. The van der Waals surface area contributed by atoms with E-state index in [4.69, 9.17) is 9.52 Å². The van der Waals surface area contributed by atoms with Crippen molar-refractivity contribution in [1.29, 1.82) is 0 Å². The molecule has 0 amide bonds. The lowest BCUT2D eigenvalue weighted by Gasteiger charge is -2.23. The van der Waals surface area contributed by atoms with Crippen LogP contribution >= 0.6 is 0 Å². The number of aryl methyl sites for hydroxylation is 1. The Balaban J connectivity index is 2.19. The van der Waals surface area contributed by atoms with Crippen LogP contribution in [-0.4, -0.2) is 11.1 Å². The third-order valence-corrected chi connectivity index (χ3v) is 3.44. The largest absolute Gasteiger partial charge is 0.475 e. The van der Waals surface area contributed by atoms with Gasteiger partial charge in [-0.05, 0) is 30.0 Å². The molecule has 0 radical (unpaired) electrons. The van der Waals surface area contributed by atoms with E-state index >= 15 is 0 Å². The minimum atomic E-state index is -1.04. The Morgan fingerprint density at radius 1 is 1.29 bits per heavy atom. The number of benzene rings is 1. The van der Waals surface area contributed by atoms with Crippen LogP contribution in [0.2, 0.25) is 0 Å². The summed E-state index contributed by atoms with van der Waals surface area (Å²) in [6.45, 7) is 8.81. The van der Waals surface area contributed by atoms with Gasteiger partial charge in [-0.2, -0.15) is 0 Å². The van der Waals surface area contributed by atoms with Crippen LogP contribution in [-0.2, 0) is 12.0 Å². The molecule has 1 heterocycles. The van der Waals surface area contributed by atoms with Gasteiger partial charge in [0.2, 0.25) is 5.76 Å². The molecule has 0 aliphatic carbocycles. The number of carbonyl (C=O) groups is 1. The van der Waals surface area contributed by atoms with Crippen molar-refractivity contribution >= 4 is 11.7 Å². The number of nitrogens with one attached hydrogen (secondary N) is 1. The number of carboxylic acid groups (broad SMARTS) is 1. The first-order valence-corrected chi connectivity index (χ1v) is 6.95. The average Bonchev–Trinajstić information content (AvgIpc) is 2.77. The molecule has 0 unspecified atom stereocenters. The number of hydrogen-bond donors (Lipinski definition) is 2. The lowest BCUT2D eigenvalue weighted by Crippen LogP contribution is -2.14. The number of aromatic carboxylic acids is 1. The fourth-order valence-electron chi connectivity index (χ4n) is 2.28. The molecule has 0 fully saturated rings. The van der Waals surface area contributed by atoms with Gasteiger partial charge in [-0.25, -0.2) is 4.79 Å².